The fraction of sp³-hybridized carbons (Fsp3) is 0.400. The van der Waals surface area contributed by atoms with Crippen molar-refractivity contribution in [3.8, 4) is 0 Å². The molecule has 1 aromatic carbocycles. The highest BCUT2D eigenvalue weighted by Crippen LogP contribution is 2.23. The summed E-state index contributed by atoms with van der Waals surface area (Å²) >= 11 is 5.35. The van der Waals surface area contributed by atoms with Gasteiger partial charge in [-0.2, -0.15) is 0 Å². The summed E-state index contributed by atoms with van der Waals surface area (Å²) in [4.78, 5) is 6.88. The number of piperidine rings is 1. The van der Waals surface area contributed by atoms with Crippen LogP contribution in [0.3, 0.4) is 0 Å². The van der Waals surface area contributed by atoms with Crippen LogP contribution in [-0.4, -0.2) is 23.2 Å². The first-order chi connectivity index (χ1) is 12.1. The Morgan fingerprint density at radius 2 is 2.04 bits per heavy atom. The van der Waals surface area contributed by atoms with E-state index in [1.165, 1.54) is 30.6 Å². The van der Waals surface area contributed by atoms with Crippen molar-refractivity contribution < 1.29 is 0 Å². The highest BCUT2D eigenvalue weighted by molar-refractivity contribution is 7.80. The molecule has 1 atom stereocenters. The van der Waals surface area contributed by atoms with Crippen LogP contribution in [0.2, 0.25) is 0 Å². The van der Waals surface area contributed by atoms with E-state index in [2.05, 4.69) is 51.7 Å². The highest BCUT2D eigenvalue weighted by Gasteiger charge is 2.16. The van der Waals surface area contributed by atoms with E-state index in [0.29, 0.717) is 11.7 Å². The Morgan fingerprint density at radius 3 is 2.76 bits per heavy atom. The molecule has 25 heavy (non-hydrogen) atoms. The maximum Gasteiger partial charge on any atom is 0.172 e. The monoisotopic (exact) mass is 354 g/mol. The Hall–Kier alpha value is -2.14. The van der Waals surface area contributed by atoms with E-state index in [1.807, 2.05) is 25.1 Å². The molecule has 0 radical (unpaired) electrons. The fourth-order valence-electron chi connectivity index (χ4n) is 3.20. The van der Waals surface area contributed by atoms with Gasteiger partial charge in [-0.25, -0.2) is 4.98 Å². The van der Waals surface area contributed by atoms with Gasteiger partial charge in [-0.3, -0.25) is 0 Å². The van der Waals surface area contributed by atoms with Gasteiger partial charge in [0.25, 0.3) is 0 Å². The van der Waals surface area contributed by atoms with Gasteiger partial charge in [0.05, 0.1) is 0 Å². The molecule has 5 heteroatoms. The molecule has 132 valence electrons. The van der Waals surface area contributed by atoms with Gasteiger partial charge in [0.1, 0.15) is 5.82 Å². The number of anilines is 2. The normalized spacial score (nSPS) is 17.2. The Kier molecular flexibility index (Phi) is 5.87. The van der Waals surface area contributed by atoms with Gasteiger partial charge >= 0.3 is 0 Å². The first-order valence-electron chi connectivity index (χ1n) is 8.92. The number of aromatic nitrogens is 1. The minimum Gasteiger partial charge on any atom is -0.371 e. The third-order valence-corrected chi connectivity index (χ3v) is 4.79. The minimum absolute atomic E-state index is 0.590. The van der Waals surface area contributed by atoms with E-state index in [-0.39, 0.29) is 0 Å². The number of benzene rings is 1. The lowest BCUT2D eigenvalue weighted by atomic mass is 9.99. The van der Waals surface area contributed by atoms with E-state index < -0.39 is 0 Å². The summed E-state index contributed by atoms with van der Waals surface area (Å²) in [5.74, 6) is 1.56. The first kappa shape index (κ1) is 17.7. The lowest BCUT2D eigenvalue weighted by Gasteiger charge is -2.32. The summed E-state index contributed by atoms with van der Waals surface area (Å²) in [5.41, 5.74) is 3.51. The maximum absolute atomic E-state index is 5.35. The van der Waals surface area contributed by atoms with Gasteiger partial charge in [0.2, 0.25) is 0 Å². The molecule has 2 heterocycles. The van der Waals surface area contributed by atoms with Crippen molar-refractivity contribution in [2.24, 2.45) is 5.92 Å². The summed E-state index contributed by atoms with van der Waals surface area (Å²) in [6, 6.07) is 14.6. The highest BCUT2D eigenvalue weighted by atomic mass is 32.1. The molecule has 1 saturated heterocycles. The van der Waals surface area contributed by atoms with Crippen molar-refractivity contribution in [2.45, 2.75) is 33.2 Å². The predicted molar refractivity (Wildman–Crippen MR) is 109 cm³/mol. The number of pyridine rings is 1. The zero-order valence-corrected chi connectivity index (χ0v) is 15.8. The van der Waals surface area contributed by atoms with E-state index in [1.54, 1.807) is 0 Å². The average molecular weight is 355 g/mol. The van der Waals surface area contributed by atoms with Crippen molar-refractivity contribution in [1.82, 2.24) is 10.3 Å². The molecule has 3 rings (SSSR count). The summed E-state index contributed by atoms with van der Waals surface area (Å²) in [6.45, 7) is 7.33. The topological polar surface area (TPSA) is 40.2 Å². The van der Waals surface area contributed by atoms with Gasteiger partial charge in [0.15, 0.2) is 5.11 Å². The molecule has 0 unspecified atom stereocenters. The summed E-state index contributed by atoms with van der Waals surface area (Å²) < 4.78 is 0. The van der Waals surface area contributed by atoms with Crippen LogP contribution >= 0.6 is 12.2 Å². The molecule has 4 nitrogen and oxygen atoms in total. The van der Waals surface area contributed by atoms with Crippen LogP contribution in [0.25, 0.3) is 0 Å². The second kappa shape index (κ2) is 8.30. The second-order valence-corrected chi connectivity index (χ2v) is 7.24. The maximum atomic E-state index is 5.35. The Morgan fingerprint density at radius 1 is 1.24 bits per heavy atom. The van der Waals surface area contributed by atoms with Crippen LogP contribution in [0.1, 0.15) is 31.0 Å². The molecular formula is C20H26N4S. The Balaban J connectivity index is 1.50. The quantitative estimate of drug-likeness (QED) is 0.809. The fourth-order valence-corrected chi connectivity index (χ4v) is 3.38. The molecule has 0 aliphatic carbocycles. The number of nitrogens with zero attached hydrogens (tertiary/aromatic N) is 2. The molecule has 1 aliphatic rings. The number of hydrogen-bond donors (Lipinski definition) is 2. The van der Waals surface area contributed by atoms with Crippen molar-refractivity contribution in [2.75, 3.05) is 23.3 Å². The third kappa shape index (κ3) is 5.16. The van der Waals surface area contributed by atoms with Gasteiger partial charge < -0.3 is 15.5 Å². The standard InChI is InChI=1S/C20H26N4S/c1-15-5-4-12-24(14-15)18-10-8-17(9-11-18)13-21-20(25)23-19-7-3-6-16(2)22-19/h3,6-11,15H,4-5,12-14H2,1-2H3,(H2,21,22,23,25)/t15-/m1/s1. The van der Waals surface area contributed by atoms with Gasteiger partial charge in [0, 0.05) is 31.0 Å². The van der Waals surface area contributed by atoms with E-state index in [9.17, 15) is 0 Å². The van der Waals surface area contributed by atoms with Crippen molar-refractivity contribution >= 4 is 28.8 Å². The smallest absolute Gasteiger partial charge is 0.172 e. The molecule has 2 aromatic rings. The third-order valence-electron chi connectivity index (χ3n) is 4.54. The zero-order chi connectivity index (χ0) is 17.6. The van der Waals surface area contributed by atoms with Crippen molar-refractivity contribution in [3.05, 3.63) is 53.7 Å². The lowest BCUT2D eigenvalue weighted by molar-refractivity contribution is 0.447. The molecule has 1 aliphatic heterocycles. The number of thiocarbonyl (C=S) groups is 1. The molecular weight excluding hydrogens is 328 g/mol. The van der Waals surface area contributed by atoms with Crippen LogP contribution in [0.4, 0.5) is 11.5 Å². The van der Waals surface area contributed by atoms with E-state index in [0.717, 1.165) is 24.0 Å². The number of rotatable bonds is 4. The summed E-state index contributed by atoms with van der Waals surface area (Å²) in [5, 5.41) is 6.95. The van der Waals surface area contributed by atoms with E-state index >= 15 is 0 Å². The SMILES string of the molecule is Cc1cccc(NC(=S)NCc2ccc(N3CCC[C@@H](C)C3)cc2)n1. The summed E-state index contributed by atoms with van der Waals surface area (Å²) in [6.07, 6.45) is 2.64. The van der Waals surface area contributed by atoms with Gasteiger partial charge in [-0.1, -0.05) is 25.1 Å². The largest absolute Gasteiger partial charge is 0.371 e. The number of nitrogens with one attached hydrogen (secondary N) is 2. The van der Waals surface area contributed by atoms with Crippen LogP contribution in [0.15, 0.2) is 42.5 Å². The van der Waals surface area contributed by atoms with Crippen molar-refractivity contribution in [3.63, 3.8) is 0 Å². The van der Waals surface area contributed by atoms with Crippen LogP contribution in [0, 0.1) is 12.8 Å². The zero-order valence-electron chi connectivity index (χ0n) is 15.0. The van der Waals surface area contributed by atoms with Gasteiger partial charge in [-0.15, -0.1) is 0 Å². The average Bonchev–Trinajstić information content (AvgIpc) is 2.60. The molecule has 0 amide bonds. The van der Waals surface area contributed by atoms with Gasteiger partial charge in [-0.05, 0) is 67.7 Å². The lowest BCUT2D eigenvalue weighted by Crippen LogP contribution is -2.34. The molecule has 0 spiro atoms. The molecule has 1 aromatic heterocycles. The Labute approximate surface area is 155 Å². The number of aryl methyl sites for hydroxylation is 1. The molecule has 0 bridgehead atoms. The molecule has 2 N–H and O–H groups in total. The Bertz CT molecular complexity index is 714. The summed E-state index contributed by atoms with van der Waals surface area (Å²) in [7, 11) is 0. The molecule has 0 saturated carbocycles. The van der Waals surface area contributed by atoms with E-state index in [4.69, 9.17) is 12.2 Å². The molecule has 1 fully saturated rings. The number of hydrogen-bond acceptors (Lipinski definition) is 3. The second-order valence-electron chi connectivity index (χ2n) is 6.83. The first-order valence-corrected chi connectivity index (χ1v) is 9.33. The van der Waals surface area contributed by atoms with Crippen molar-refractivity contribution in [1.29, 1.82) is 0 Å². The minimum atomic E-state index is 0.590. The van der Waals surface area contributed by atoms with Crippen LogP contribution in [-0.2, 0) is 6.54 Å². The van der Waals surface area contributed by atoms with Crippen LogP contribution < -0.4 is 15.5 Å². The van der Waals surface area contributed by atoms with Crippen LogP contribution in [0.5, 0.6) is 0 Å². The predicted octanol–water partition coefficient (Wildman–Crippen LogP) is 4.11.